The van der Waals surface area contributed by atoms with Gasteiger partial charge in [0.1, 0.15) is 22.6 Å². The number of nitrogens with two attached hydrogens (primary N) is 2. The maximum absolute atomic E-state index is 12.2. The summed E-state index contributed by atoms with van der Waals surface area (Å²) in [5.41, 5.74) is 9.79. The van der Waals surface area contributed by atoms with E-state index in [1.807, 2.05) is 32.0 Å². The van der Waals surface area contributed by atoms with E-state index < -0.39 is 0 Å². The van der Waals surface area contributed by atoms with E-state index in [0.717, 1.165) is 5.56 Å². The molecule has 8 heteroatoms. The van der Waals surface area contributed by atoms with Crippen LogP contribution < -0.4 is 21.8 Å². The molecule has 0 heterocycles. The highest BCUT2D eigenvalue weighted by molar-refractivity contribution is 9.10. The molecule has 0 spiro atoms. The third-order valence-corrected chi connectivity index (χ3v) is 4.54. The third kappa shape index (κ3) is 5.45. The fraction of sp³-hybridized carbons (Fsp3) is 0.263. The Hall–Kier alpha value is -2.58. The molecule has 0 radical (unpaired) electrons. The number of rotatable bonds is 8. The molecule has 0 aliphatic carbocycles. The number of carbonyl (C=O) groups is 1. The van der Waals surface area contributed by atoms with Crippen LogP contribution in [0.4, 0.5) is 0 Å². The first-order chi connectivity index (χ1) is 12.8. The summed E-state index contributed by atoms with van der Waals surface area (Å²) in [5, 5.41) is 14.1. The van der Waals surface area contributed by atoms with Gasteiger partial charge in [-0.05, 0) is 45.6 Å². The Morgan fingerprint density at radius 1 is 1.33 bits per heavy atom. The SMILES string of the molecule is CC(C)CC(=O)c1ccc(OCc2cccc(/C(N)=N/NN)c2)c(Br)c1O. The molecule has 144 valence electrons. The first-order valence-corrected chi connectivity index (χ1v) is 9.18. The molecule has 0 saturated heterocycles. The molecule has 27 heavy (non-hydrogen) atoms. The lowest BCUT2D eigenvalue weighted by atomic mass is 10.0. The molecule has 6 N–H and O–H groups in total. The van der Waals surface area contributed by atoms with Gasteiger partial charge in [-0.2, -0.15) is 0 Å². The quantitative estimate of drug-likeness (QED) is 0.166. The van der Waals surface area contributed by atoms with Gasteiger partial charge in [-0.3, -0.25) is 4.79 Å². The van der Waals surface area contributed by atoms with Gasteiger partial charge in [0.15, 0.2) is 11.6 Å². The molecular weight excluding hydrogens is 412 g/mol. The Morgan fingerprint density at radius 3 is 2.74 bits per heavy atom. The van der Waals surface area contributed by atoms with Crippen LogP contribution in [0.5, 0.6) is 11.5 Å². The molecule has 2 rings (SSSR count). The summed E-state index contributed by atoms with van der Waals surface area (Å²) < 4.78 is 6.12. The van der Waals surface area contributed by atoms with E-state index in [9.17, 15) is 9.90 Å². The molecule has 2 aromatic rings. The summed E-state index contributed by atoms with van der Waals surface area (Å²) in [6, 6.07) is 10.6. The van der Waals surface area contributed by atoms with Crippen LogP contribution in [0.25, 0.3) is 0 Å². The zero-order valence-corrected chi connectivity index (χ0v) is 16.8. The third-order valence-electron chi connectivity index (χ3n) is 3.78. The second-order valence-corrected chi connectivity index (χ2v) is 7.20. The van der Waals surface area contributed by atoms with Gasteiger partial charge < -0.3 is 15.6 Å². The predicted octanol–water partition coefficient (Wildman–Crippen LogP) is 3.05. The van der Waals surface area contributed by atoms with Gasteiger partial charge >= 0.3 is 0 Å². The zero-order valence-electron chi connectivity index (χ0n) is 15.2. The minimum absolute atomic E-state index is 0.106. The first kappa shape index (κ1) is 20.7. The number of ketones is 1. The number of aromatic hydroxyl groups is 1. The van der Waals surface area contributed by atoms with E-state index in [0.29, 0.717) is 22.2 Å². The average molecular weight is 435 g/mol. The number of hydrazine groups is 1. The predicted molar refractivity (Wildman–Crippen MR) is 108 cm³/mol. The highest BCUT2D eigenvalue weighted by atomic mass is 79.9. The van der Waals surface area contributed by atoms with Crippen LogP contribution in [0.2, 0.25) is 0 Å². The number of nitrogens with one attached hydrogen (secondary N) is 1. The number of carbonyl (C=O) groups excluding carboxylic acids is 1. The summed E-state index contributed by atoms with van der Waals surface area (Å²) in [6.45, 7) is 4.15. The highest BCUT2D eigenvalue weighted by Gasteiger charge is 2.18. The standard InChI is InChI=1S/C19H23BrN4O3/c1-11(2)8-15(25)14-6-7-16(17(20)18(14)26)27-10-12-4-3-5-13(9-12)19(21)23-24-22/h3-7,9,11,24,26H,8,10,22H2,1-2H3,(H2,21,23). The van der Waals surface area contributed by atoms with Gasteiger partial charge in [0.2, 0.25) is 0 Å². The lowest BCUT2D eigenvalue weighted by Crippen LogP contribution is -2.23. The van der Waals surface area contributed by atoms with Crippen LogP contribution in [-0.2, 0) is 6.61 Å². The van der Waals surface area contributed by atoms with Crippen LogP contribution in [0, 0.1) is 5.92 Å². The molecule has 0 unspecified atom stereocenters. The molecule has 0 fully saturated rings. The summed E-state index contributed by atoms with van der Waals surface area (Å²) in [7, 11) is 0. The highest BCUT2D eigenvalue weighted by Crippen LogP contribution is 2.37. The van der Waals surface area contributed by atoms with E-state index in [4.69, 9.17) is 16.3 Å². The van der Waals surface area contributed by atoms with Crippen molar-refractivity contribution in [3.8, 4) is 11.5 Å². The summed E-state index contributed by atoms with van der Waals surface area (Å²) >= 11 is 3.31. The second kappa shape index (κ2) is 9.38. The van der Waals surface area contributed by atoms with Crippen molar-refractivity contribution in [2.45, 2.75) is 26.9 Å². The number of hydrogen-bond acceptors (Lipinski definition) is 6. The van der Waals surface area contributed by atoms with Crippen molar-refractivity contribution < 1.29 is 14.6 Å². The number of hydrazone groups is 1. The topological polar surface area (TPSA) is 123 Å². The smallest absolute Gasteiger partial charge is 0.166 e. The number of nitrogens with zero attached hydrogens (tertiary/aromatic N) is 1. The Labute approximate surface area is 166 Å². The Bertz CT molecular complexity index is 853. The molecule has 0 saturated carbocycles. The molecule has 7 nitrogen and oxygen atoms in total. The monoisotopic (exact) mass is 434 g/mol. The van der Waals surface area contributed by atoms with Gasteiger partial charge in [-0.15, -0.1) is 5.10 Å². The number of halogens is 1. The average Bonchev–Trinajstić information content (AvgIpc) is 2.62. The molecule has 0 amide bonds. The maximum atomic E-state index is 12.2. The lowest BCUT2D eigenvalue weighted by molar-refractivity contribution is 0.0965. The molecule has 2 aromatic carbocycles. The van der Waals surface area contributed by atoms with Gasteiger partial charge in [-0.1, -0.05) is 32.0 Å². The molecule has 0 atom stereocenters. The van der Waals surface area contributed by atoms with E-state index in [-0.39, 0.29) is 35.5 Å². The Kier molecular flexibility index (Phi) is 7.20. The number of ether oxygens (including phenoxy) is 1. The molecule has 0 bridgehead atoms. The first-order valence-electron chi connectivity index (χ1n) is 8.39. The number of Topliss-reactive ketones (excluding diaryl/α,β-unsaturated/α-hetero) is 1. The van der Waals surface area contributed by atoms with Crippen LogP contribution in [0.15, 0.2) is 46.0 Å². The summed E-state index contributed by atoms with van der Waals surface area (Å²) in [6.07, 6.45) is 0.369. The van der Waals surface area contributed by atoms with E-state index in [1.165, 1.54) is 0 Å². The van der Waals surface area contributed by atoms with Crippen LogP contribution in [0.3, 0.4) is 0 Å². The fourth-order valence-corrected chi connectivity index (χ4v) is 2.94. The van der Waals surface area contributed by atoms with Crippen molar-refractivity contribution in [2.75, 3.05) is 0 Å². The second-order valence-electron chi connectivity index (χ2n) is 6.41. The van der Waals surface area contributed by atoms with E-state index >= 15 is 0 Å². The van der Waals surface area contributed by atoms with E-state index in [1.54, 1.807) is 18.2 Å². The normalized spacial score (nSPS) is 11.5. The van der Waals surface area contributed by atoms with Crippen molar-refractivity contribution in [3.05, 3.63) is 57.6 Å². The van der Waals surface area contributed by atoms with E-state index in [2.05, 4.69) is 26.6 Å². The summed E-state index contributed by atoms with van der Waals surface area (Å²) in [5.74, 6) is 5.82. The van der Waals surface area contributed by atoms with Crippen molar-refractivity contribution in [3.63, 3.8) is 0 Å². The maximum Gasteiger partial charge on any atom is 0.166 e. The van der Waals surface area contributed by atoms with Gasteiger partial charge in [0.25, 0.3) is 0 Å². The number of phenolic OH excluding ortho intramolecular Hbond substituents is 1. The van der Waals surface area contributed by atoms with Crippen LogP contribution >= 0.6 is 15.9 Å². The number of benzene rings is 2. The Morgan fingerprint density at radius 2 is 2.07 bits per heavy atom. The van der Waals surface area contributed by atoms with Crippen molar-refractivity contribution >= 4 is 27.5 Å². The Balaban J connectivity index is 2.15. The fourth-order valence-electron chi connectivity index (χ4n) is 2.48. The molecule has 0 aliphatic heterocycles. The van der Waals surface area contributed by atoms with Crippen molar-refractivity contribution in [1.29, 1.82) is 0 Å². The summed E-state index contributed by atoms with van der Waals surface area (Å²) in [4.78, 5) is 12.2. The molecule has 0 aromatic heterocycles. The minimum Gasteiger partial charge on any atom is -0.506 e. The van der Waals surface area contributed by atoms with Gasteiger partial charge in [-0.25, -0.2) is 11.4 Å². The van der Waals surface area contributed by atoms with Crippen LogP contribution in [0.1, 0.15) is 41.8 Å². The zero-order chi connectivity index (χ0) is 20.0. The van der Waals surface area contributed by atoms with Crippen LogP contribution in [-0.4, -0.2) is 16.7 Å². The van der Waals surface area contributed by atoms with Gasteiger partial charge in [0.05, 0.1) is 5.56 Å². The molecular formula is C19H23BrN4O3. The minimum atomic E-state index is -0.114. The number of hydrogen-bond donors (Lipinski definition) is 4. The van der Waals surface area contributed by atoms with Crippen molar-refractivity contribution in [1.82, 2.24) is 5.53 Å². The lowest BCUT2D eigenvalue weighted by Gasteiger charge is -2.13. The largest absolute Gasteiger partial charge is 0.506 e. The number of phenols is 1. The van der Waals surface area contributed by atoms with Crippen molar-refractivity contribution in [2.24, 2.45) is 22.6 Å². The molecule has 0 aliphatic rings. The number of amidine groups is 1. The van der Waals surface area contributed by atoms with Gasteiger partial charge in [0, 0.05) is 12.0 Å².